The van der Waals surface area contributed by atoms with E-state index >= 15 is 0 Å². The first-order valence-corrected chi connectivity index (χ1v) is 9.46. The number of hydrogen-bond donors (Lipinski definition) is 1. The summed E-state index contributed by atoms with van der Waals surface area (Å²) in [5.74, 6) is 0.999. The number of carbonyl (C=O) groups is 1. The van der Waals surface area contributed by atoms with Crippen LogP contribution < -0.4 is 14.8 Å². The van der Waals surface area contributed by atoms with E-state index in [-0.39, 0.29) is 5.91 Å². The Kier molecular flexibility index (Phi) is 5.34. The summed E-state index contributed by atoms with van der Waals surface area (Å²) in [6, 6.07) is 13.2. The van der Waals surface area contributed by atoms with Gasteiger partial charge >= 0.3 is 0 Å². The van der Waals surface area contributed by atoms with Crippen LogP contribution in [0.2, 0.25) is 0 Å². The Bertz CT molecular complexity index is 1200. The van der Waals surface area contributed by atoms with E-state index < -0.39 is 0 Å². The lowest BCUT2D eigenvalue weighted by molar-refractivity contribution is 0.0948. The number of methoxy groups -OCH3 is 2. The average Bonchev–Trinajstić information content (AvgIpc) is 3.17. The third kappa shape index (κ3) is 3.69. The average molecular weight is 402 g/mol. The lowest BCUT2D eigenvalue weighted by Gasteiger charge is -2.12. The second kappa shape index (κ2) is 8.24. The molecule has 3 heterocycles. The number of aromatic nitrogens is 3. The van der Waals surface area contributed by atoms with Crippen molar-refractivity contribution < 1.29 is 14.3 Å². The van der Waals surface area contributed by atoms with Gasteiger partial charge < -0.3 is 19.4 Å². The third-order valence-corrected chi connectivity index (χ3v) is 4.95. The molecule has 1 amide bonds. The van der Waals surface area contributed by atoms with Gasteiger partial charge in [-0.3, -0.25) is 9.78 Å². The molecule has 7 nitrogen and oxygen atoms in total. The maximum atomic E-state index is 13.0. The summed E-state index contributed by atoms with van der Waals surface area (Å²) < 4.78 is 12.7. The van der Waals surface area contributed by atoms with Gasteiger partial charge in [0.2, 0.25) is 0 Å². The Morgan fingerprint density at radius 2 is 1.93 bits per heavy atom. The lowest BCUT2D eigenvalue weighted by atomic mass is 10.1. The summed E-state index contributed by atoms with van der Waals surface area (Å²) in [6.07, 6.45) is 5.35. The van der Waals surface area contributed by atoms with Crippen LogP contribution >= 0.6 is 0 Å². The normalized spacial score (nSPS) is 10.8. The van der Waals surface area contributed by atoms with E-state index in [9.17, 15) is 4.79 Å². The molecule has 4 rings (SSSR count). The standard InChI is InChI=1S/C23H22N4O3/c1-27-10-8-17-19(27)12-18(16-6-7-20(29-2)21(11-16)30-3)26-22(17)23(28)25-14-15-5-4-9-24-13-15/h4-13H,14H2,1-3H3,(H,25,28). The van der Waals surface area contributed by atoms with Crippen LogP contribution in [-0.4, -0.2) is 34.7 Å². The second-order valence-electron chi connectivity index (χ2n) is 6.83. The van der Waals surface area contributed by atoms with Crippen LogP contribution in [0.3, 0.4) is 0 Å². The van der Waals surface area contributed by atoms with E-state index in [0.717, 1.165) is 22.0 Å². The summed E-state index contributed by atoms with van der Waals surface area (Å²) >= 11 is 0. The zero-order valence-electron chi connectivity index (χ0n) is 17.0. The van der Waals surface area contributed by atoms with Gasteiger partial charge in [-0.2, -0.15) is 0 Å². The minimum absolute atomic E-state index is 0.239. The smallest absolute Gasteiger partial charge is 0.270 e. The zero-order valence-corrected chi connectivity index (χ0v) is 17.0. The first-order valence-electron chi connectivity index (χ1n) is 9.46. The maximum absolute atomic E-state index is 13.0. The van der Waals surface area contributed by atoms with Crippen LogP contribution in [-0.2, 0) is 13.6 Å². The maximum Gasteiger partial charge on any atom is 0.270 e. The fourth-order valence-corrected chi connectivity index (χ4v) is 3.35. The van der Waals surface area contributed by atoms with Crippen molar-refractivity contribution in [1.29, 1.82) is 0 Å². The molecule has 0 bridgehead atoms. The van der Waals surface area contributed by atoms with Crippen molar-refractivity contribution >= 4 is 16.8 Å². The Balaban J connectivity index is 1.74. The van der Waals surface area contributed by atoms with Crippen molar-refractivity contribution in [2.24, 2.45) is 7.05 Å². The second-order valence-corrected chi connectivity index (χ2v) is 6.83. The Labute approximate surface area is 174 Å². The van der Waals surface area contributed by atoms with Crippen molar-refractivity contribution in [2.45, 2.75) is 6.54 Å². The van der Waals surface area contributed by atoms with Gasteiger partial charge in [-0.25, -0.2) is 4.98 Å². The van der Waals surface area contributed by atoms with Gasteiger partial charge in [-0.1, -0.05) is 6.07 Å². The number of ether oxygens (including phenoxy) is 2. The van der Waals surface area contributed by atoms with Gasteiger partial charge in [0.05, 0.1) is 25.4 Å². The molecule has 0 unspecified atom stereocenters. The van der Waals surface area contributed by atoms with Gasteiger partial charge in [0.25, 0.3) is 5.91 Å². The molecule has 4 aromatic rings. The Morgan fingerprint density at radius 1 is 1.10 bits per heavy atom. The first kappa shape index (κ1) is 19.4. The van der Waals surface area contributed by atoms with Crippen molar-refractivity contribution in [3.8, 4) is 22.8 Å². The van der Waals surface area contributed by atoms with Crippen molar-refractivity contribution in [2.75, 3.05) is 14.2 Å². The molecule has 0 saturated carbocycles. The molecule has 0 saturated heterocycles. The van der Waals surface area contributed by atoms with Crippen LogP contribution in [0.5, 0.6) is 11.5 Å². The van der Waals surface area contributed by atoms with Crippen LogP contribution in [0.25, 0.3) is 22.2 Å². The number of nitrogens with zero attached hydrogens (tertiary/aromatic N) is 3. The highest BCUT2D eigenvalue weighted by atomic mass is 16.5. The van der Waals surface area contributed by atoms with E-state index in [2.05, 4.69) is 10.3 Å². The summed E-state index contributed by atoms with van der Waals surface area (Å²) in [5, 5.41) is 3.74. The van der Waals surface area contributed by atoms with Gasteiger partial charge in [0, 0.05) is 43.1 Å². The first-order chi connectivity index (χ1) is 14.6. The minimum atomic E-state index is -0.239. The molecular weight excluding hydrogens is 380 g/mol. The highest BCUT2D eigenvalue weighted by molar-refractivity contribution is 6.05. The van der Waals surface area contributed by atoms with E-state index in [1.807, 2.05) is 60.3 Å². The summed E-state index contributed by atoms with van der Waals surface area (Å²) in [6.45, 7) is 0.378. The monoisotopic (exact) mass is 402 g/mol. The van der Waals surface area contributed by atoms with Gasteiger partial charge in [0.1, 0.15) is 5.69 Å². The molecule has 0 aliphatic rings. The number of hydrogen-bond acceptors (Lipinski definition) is 5. The number of aryl methyl sites for hydroxylation is 1. The van der Waals surface area contributed by atoms with E-state index in [0.29, 0.717) is 29.4 Å². The fourth-order valence-electron chi connectivity index (χ4n) is 3.35. The SMILES string of the molecule is COc1ccc(-c2cc3c(ccn3C)c(C(=O)NCc3cccnc3)n2)cc1OC. The topological polar surface area (TPSA) is 78.3 Å². The van der Waals surface area contributed by atoms with E-state index in [1.165, 1.54) is 0 Å². The molecule has 0 radical (unpaired) electrons. The van der Waals surface area contributed by atoms with Gasteiger partial charge in [0.15, 0.2) is 11.5 Å². The van der Waals surface area contributed by atoms with Crippen LogP contribution in [0, 0.1) is 0 Å². The number of amides is 1. The van der Waals surface area contributed by atoms with Crippen LogP contribution in [0.4, 0.5) is 0 Å². The van der Waals surface area contributed by atoms with E-state index in [1.54, 1.807) is 26.6 Å². The number of nitrogens with one attached hydrogen (secondary N) is 1. The minimum Gasteiger partial charge on any atom is -0.493 e. The molecule has 0 atom stereocenters. The number of fused-ring (bicyclic) bond motifs is 1. The van der Waals surface area contributed by atoms with Crippen LogP contribution in [0.1, 0.15) is 16.1 Å². The highest BCUT2D eigenvalue weighted by Crippen LogP contribution is 2.33. The van der Waals surface area contributed by atoms with E-state index in [4.69, 9.17) is 14.5 Å². The molecule has 0 aliphatic carbocycles. The van der Waals surface area contributed by atoms with Crippen LogP contribution in [0.15, 0.2) is 61.1 Å². The molecule has 3 aromatic heterocycles. The molecule has 152 valence electrons. The quantitative estimate of drug-likeness (QED) is 0.533. The largest absolute Gasteiger partial charge is 0.493 e. The van der Waals surface area contributed by atoms with Crippen molar-refractivity contribution in [1.82, 2.24) is 19.9 Å². The molecular formula is C23H22N4O3. The Morgan fingerprint density at radius 3 is 2.67 bits per heavy atom. The number of pyridine rings is 2. The number of carbonyl (C=O) groups excluding carboxylic acids is 1. The molecule has 30 heavy (non-hydrogen) atoms. The summed E-state index contributed by atoms with van der Waals surface area (Å²) in [7, 11) is 5.13. The molecule has 7 heteroatoms. The summed E-state index contributed by atoms with van der Waals surface area (Å²) in [4.78, 5) is 21.8. The fraction of sp³-hybridized carbons (Fsp3) is 0.174. The lowest BCUT2D eigenvalue weighted by Crippen LogP contribution is -2.24. The molecule has 0 aliphatic heterocycles. The highest BCUT2D eigenvalue weighted by Gasteiger charge is 2.17. The summed E-state index contributed by atoms with van der Waals surface area (Å²) in [5.41, 5.74) is 3.73. The van der Waals surface area contributed by atoms with Gasteiger partial charge in [-0.15, -0.1) is 0 Å². The number of benzene rings is 1. The number of rotatable bonds is 6. The third-order valence-electron chi connectivity index (χ3n) is 4.95. The molecule has 0 fully saturated rings. The van der Waals surface area contributed by atoms with Gasteiger partial charge in [-0.05, 0) is 42.0 Å². The predicted molar refractivity (Wildman–Crippen MR) is 115 cm³/mol. The van der Waals surface area contributed by atoms with Crippen molar-refractivity contribution in [3.63, 3.8) is 0 Å². The van der Waals surface area contributed by atoms with Crippen molar-refractivity contribution in [3.05, 3.63) is 72.3 Å². The molecule has 1 N–H and O–H groups in total. The molecule has 0 spiro atoms. The Hall–Kier alpha value is -3.87. The molecule has 1 aromatic carbocycles. The predicted octanol–water partition coefficient (Wildman–Crippen LogP) is 3.58. The zero-order chi connectivity index (χ0) is 21.1.